The standard InChI is InChI=1S/C24H25ClN6O/c1-27-24(16-8-11-19(20(12-16)32-2)31-13-21(25)28-14-31)29-22-17(15-6-4-3-5-7-15)9-10-18(22)23(26)30-24/h3-8,11-14,17,27,29H,9-10H2,1-2H3,(H2,26,30)/i1D3. The van der Waals surface area contributed by atoms with E-state index in [9.17, 15) is 0 Å². The number of nitrogens with two attached hydrogens (primary N) is 1. The molecule has 164 valence electrons. The molecule has 8 heteroatoms. The van der Waals surface area contributed by atoms with Crippen LogP contribution in [0.2, 0.25) is 5.15 Å². The molecule has 1 aliphatic heterocycles. The molecule has 0 fully saturated rings. The summed E-state index contributed by atoms with van der Waals surface area (Å²) in [6, 6.07) is 15.4. The number of aromatic nitrogens is 2. The van der Waals surface area contributed by atoms with E-state index in [1.807, 2.05) is 18.2 Å². The second kappa shape index (κ2) is 8.00. The predicted octanol–water partition coefficient (Wildman–Crippen LogP) is 3.66. The summed E-state index contributed by atoms with van der Waals surface area (Å²) in [4.78, 5) is 8.74. The van der Waals surface area contributed by atoms with Gasteiger partial charge in [-0.15, -0.1) is 0 Å². The van der Waals surface area contributed by atoms with Crippen molar-refractivity contribution in [2.24, 2.45) is 10.7 Å². The number of halogens is 1. The number of amidine groups is 1. The Hall–Kier alpha value is -3.29. The lowest BCUT2D eigenvalue weighted by molar-refractivity contribution is 0.309. The number of aliphatic imine (C=N–C) groups is 1. The molecule has 1 aromatic heterocycles. The molecule has 0 radical (unpaired) electrons. The fraction of sp³-hybridized carbons (Fsp3) is 0.250. The lowest BCUT2D eigenvalue weighted by atomic mass is 9.94. The summed E-state index contributed by atoms with van der Waals surface area (Å²) >= 11 is 5.99. The molecular weight excluding hydrogens is 424 g/mol. The van der Waals surface area contributed by atoms with E-state index in [1.165, 1.54) is 0 Å². The Labute approximate surface area is 196 Å². The van der Waals surface area contributed by atoms with E-state index in [2.05, 4.69) is 32.7 Å². The zero-order valence-electron chi connectivity index (χ0n) is 20.5. The molecule has 2 unspecified atom stereocenters. The molecule has 1 aliphatic carbocycles. The molecule has 5 rings (SSSR count). The number of hydrogen-bond acceptors (Lipinski definition) is 6. The second-order valence-electron chi connectivity index (χ2n) is 7.84. The molecule has 2 heterocycles. The minimum atomic E-state index is -2.51. The van der Waals surface area contributed by atoms with Crippen LogP contribution in [0.4, 0.5) is 0 Å². The number of hydrogen-bond donors (Lipinski definition) is 3. The Balaban J connectivity index is 1.61. The Morgan fingerprint density at radius 3 is 2.88 bits per heavy atom. The second-order valence-corrected chi connectivity index (χ2v) is 8.23. The quantitative estimate of drug-likeness (QED) is 0.551. The molecular formula is C24H25ClN6O. The predicted molar refractivity (Wildman–Crippen MR) is 126 cm³/mol. The number of ether oxygens (including phenoxy) is 1. The van der Waals surface area contributed by atoms with Crippen LogP contribution in [0.1, 0.15) is 34.0 Å². The molecule has 2 aliphatic rings. The van der Waals surface area contributed by atoms with Crippen molar-refractivity contribution >= 4 is 17.4 Å². The minimum absolute atomic E-state index is 0.0484. The van der Waals surface area contributed by atoms with E-state index in [1.54, 1.807) is 42.4 Å². The Bertz CT molecular complexity index is 1320. The normalized spacial score (nSPS) is 24.1. The van der Waals surface area contributed by atoms with E-state index < -0.39 is 12.8 Å². The highest BCUT2D eigenvalue weighted by atomic mass is 35.5. The highest BCUT2D eigenvalue weighted by molar-refractivity contribution is 6.29. The summed E-state index contributed by atoms with van der Waals surface area (Å²) in [6.45, 7) is -2.51. The highest BCUT2D eigenvalue weighted by Gasteiger charge is 2.41. The molecule has 7 nitrogen and oxygen atoms in total. The van der Waals surface area contributed by atoms with E-state index in [-0.39, 0.29) is 5.92 Å². The molecule has 2 atom stereocenters. The van der Waals surface area contributed by atoms with E-state index in [4.69, 9.17) is 26.2 Å². The average molecular weight is 452 g/mol. The van der Waals surface area contributed by atoms with Crippen LogP contribution >= 0.6 is 11.6 Å². The maximum atomic E-state index is 7.99. The summed E-state index contributed by atoms with van der Waals surface area (Å²) in [7, 11) is 1.54. The van der Waals surface area contributed by atoms with Crippen molar-refractivity contribution in [1.29, 1.82) is 0 Å². The first-order valence-corrected chi connectivity index (χ1v) is 10.7. The Morgan fingerprint density at radius 2 is 2.16 bits per heavy atom. The fourth-order valence-electron chi connectivity index (χ4n) is 4.51. The SMILES string of the molecule is [2H]C([2H])([2H])NC1(c2ccc(-n3cnc(Cl)c3)c(OC)c2)N=C(N)C2=C(N1)C(c1ccccc1)CC2. The lowest BCUT2D eigenvalue weighted by Gasteiger charge is -2.38. The molecule has 0 saturated carbocycles. The summed E-state index contributed by atoms with van der Waals surface area (Å²) in [5.41, 5.74) is 10.6. The first kappa shape index (κ1) is 17.3. The maximum Gasteiger partial charge on any atom is 0.213 e. The van der Waals surface area contributed by atoms with Gasteiger partial charge in [0.2, 0.25) is 5.79 Å². The molecule has 3 aromatic rings. The van der Waals surface area contributed by atoms with Gasteiger partial charge in [-0.3, -0.25) is 5.32 Å². The van der Waals surface area contributed by atoms with E-state index in [0.29, 0.717) is 28.0 Å². The van der Waals surface area contributed by atoms with Gasteiger partial charge in [-0.05, 0) is 37.5 Å². The van der Waals surface area contributed by atoms with Crippen LogP contribution in [0.3, 0.4) is 0 Å². The monoisotopic (exact) mass is 451 g/mol. The third kappa shape index (κ3) is 3.34. The lowest BCUT2D eigenvalue weighted by Crippen LogP contribution is -2.54. The number of nitrogens with zero attached hydrogens (tertiary/aromatic N) is 3. The van der Waals surface area contributed by atoms with Crippen molar-refractivity contribution in [1.82, 2.24) is 20.2 Å². The topological polar surface area (TPSA) is 89.5 Å². The van der Waals surface area contributed by atoms with Crippen molar-refractivity contribution in [3.8, 4) is 11.4 Å². The van der Waals surface area contributed by atoms with Crippen LogP contribution in [0.5, 0.6) is 5.75 Å². The molecule has 0 spiro atoms. The van der Waals surface area contributed by atoms with Crippen LogP contribution in [0.25, 0.3) is 5.69 Å². The van der Waals surface area contributed by atoms with E-state index >= 15 is 0 Å². The summed E-state index contributed by atoms with van der Waals surface area (Å²) in [5, 5.41) is 6.49. The van der Waals surface area contributed by atoms with Gasteiger partial charge in [-0.25, -0.2) is 9.98 Å². The third-order valence-corrected chi connectivity index (χ3v) is 6.27. The number of rotatable bonds is 5. The van der Waals surface area contributed by atoms with Crippen LogP contribution < -0.4 is 21.1 Å². The van der Waals surface area contributed by atoms with Gasteiger partial charge < -0.3 is 20.4 Å². The zero-order valence-corrected chi connectivity index (χ0v) is 18.2. The highest BCUT2D eigenvalue weighted by Crippen LogP contribution is 2.43. The number of allylic oxidation sites excluding steroid dienone is 1. The summed E-state index contributed by atoms with van der Waals surface area (Å²) in [6.07, 6.45) is 4.84. The molecule has 32 heavy (non-hydrogen) atoms. The van der Waals surface area contributed by atoms with Crippen molar-refractivity contribution in [2.75, 3.05) is 14.1 Å². The van der Waals surface area contributed by atoms with Crippen molar-refractivity contribution in [2.45, 2.75) is 24.5 Å². The van der Waals surface area contributed by atoms with Crippen LogP contribution in [0, 0.1) is 0 Å². The molecule has 0 amide bonds. The van der Waals surface area contributed by atoms with Gasteiger partial charge in [-0.2, -0.15) is 0 Å². The van der Waals surface area contributed by atoms with Crippen LogP contribution in [0.15, 0.2) is 77.3 Å². The van der Waals surface area contributed by atoms with Crippen LogP contribution in [-0.2, 0) is 5.79 Å². The number of nitrogens with one attached hydrogen (secondary N) is 2. The van der Waals surface area contributed by atoms with Gasteiger partial charge in [0.1, 0.15) is 23.1 Å². The largest absolute Gasteiger partial charge is 0.495 e. The fourth-order valence-corrected chi connectivity index (χ4v) is 4.66. The minimum Gasteiger partial charge on any atom is -0.495 e. The van der Waals surface area contributed by atoms with Gasteiger partial charge in [0, 0.05) is 33.1 Å². The first-order valence-electron chi connectivity index (χ1n) is 11.8. The van der Waals surface area contributed by atoms with Crippen molar-refractivity contribution < 1.29 is 8.85 Å². The van der Waals surface area contributed by atoms with Gasteiger partial charge >= 0.3 is 0 Å². The zero-order chi connectivity index (χ0) is 24.8. The number of benzene rings is 2. The number of methoxy groups -OCH3 is 1. The summed E-state index contributed by atoms with van der Waals surface area (Å²) < 4.78 is 31.3. The third-order valence-electron chi connectivity index (χ3n) is 6.08. The molecule has 0 bridgehead atoms. The summed E-state index contributed by atoms with van der Waals surface area (Å²) in [5.74, 6) is -0.667. The Kier molecular flexibility index (Phi) is 4.32. The van der Waals surface area contributed by atoms with Gasteiger partial charge in [0.15, 0.2) is 0 Å². The molecule has 0 saturated heterocycles. The van der Waals surface area contributed by atoms with Gasteiger partial charge in [0.25, 0.3) is 0 Å². The van der Waals surface area contributed by atoms with Crippen molar-refractivity contribution in [3.63, 3.8) is 0 Å². The number of imidazole rings is 1. The van der Waals surface area contributed by atoms with Gasteiger partial charge in [-0.1, -0.05) is 48.0 Å². The Morgan fingerprint density at radius 1 is 1.31 bits per heavy atom. The van der Waals surface area contributed by atoms with Crippen molar-refractivity contribution in [3.05, 3.63) is 88.6 Å². The van der Waals surface area contributed by atoms with Crippen LogP contribution in [-0.4, -0.2) is 29.5 Å². The maximum absolute atomic E-state index is 7.99. The van der Waals surface area contributed by atoms with E-state index in [0.717, 1.165) is 29.7 Å². The average Bonchev–Trinajstić information content (AvgIpc) is 3.44. The first-order chi connectivity index (χ1) is 16.7. The molecule has 4 N–H and O–H groups in total. The molecule has 2 aromatic carbocycles. The van der Waals surface area contributed by atoms with Gasteiger partial charge in [0.05, 0.1) is 12.8 Å². The smallest absolute Gasteiger partial charge is 0.213 e.